The molecule has 2 rings (SSSR count). The number of piperidine rings is 1. The second-order valence-corrected chi connectivity index (χ2v) is 6.65. The number of hydrogen-bond acceptors (Lipinski definition) is 3. The van der Waals surface area contributed by atoms with Gasteiger partial charge in [0.05, 0.1) is 0 Å². The van der Waals surface area contributed by atoms with Crippen LogP contribution in [0.4, 0.5) is 0 Å². The molecule has 1 aliphatic carbocycles. The number of carboxylic acids is 1. The molecule has 6 nitrogen and oxygen atoms in total. The summed E-state index contributed by atoms with van der Waals surface area (Å²) in [4.78, 5) is 11.1. The Hall–Kier alpha value is -0.660. The van der Waals surface area contributed by atoms with Gasteiger partial charge in [-0.15, -0.1) is 0 Å². The number of aliphatic carboxylic acids is 1. The molecular formula is C10H18N2O4S. The third-order valence-corrected chi connectivity index (χ3v) is 4.99. The normalized spacial score (nSPS) is 31.4. The lowest BCUT2D eigenvalue weighted by molar-refractivity contribution is -0.143. The fourth-order valence-corrected chi connectivity index (χ4v) is 3.76. The quantitative estimate of drug-likeness (QED) is 0.756. The van der Waals surface area contributed by atoms with Gasteiger partial charge < -0.3 is 5.11 Å². The molecular weight excluding hydrogens is 244 g/mol. The van der Waals surface area contributed by atoms with E-state index in [0.29, 0.717) is 13.0 Å². The largest absolute Gasteiger partial charge is 0.480 e. The van der Waals surface area contributed by atoms with Crippen LogP contribution in [0, 0.1) is 5.92 Å². The number of rotatable bonds is 4. The van der Waals surface area contributed by atoms with Gasteiger partial charge in [-0.1, -0.05) is 6.92 Å². The van der Waals surface area contributed by atoms with Crippen molar-refractivity contribution >= 4 is 16.2 Å². The van der Waals surface area contributed by atoms with Gasteiger partial charge >= 0.3 is 5.97 Å². The molecule has 0 bridgehead atoms. The zero-order chi connectivity index (χ0) is 12.6. The van der Waals surface area contributed by atoms with E-state index < -0.39 is 22.2 Å². The second-order valence-electron chi connectivity index (χ2n) is 4.99. The highest BCUT2D eigenvalue weighted by atomic mass is 32.2. The van der Waals surface area contributed by atoms with Crippen molar-refractivity contribution in [3.63, 3.8) is 0 Å². The lowest BCUT2D eigenvalue weighted by Gasteiger charge is -2.34. The fourth-order valence-electron chi connectivity index (χ4n) is 2.11. The van der Waals surface area contributed by atoms with Crippen molar-refractivity contribution in [2.24, 2.45) is 5.92 Å². The van der Waals surface area contributed by atoms with Crippen LogP contribution in [-0.4, -0.2) is 42.4 Å². The first-order valence-corrected chi connectivity index (χ1v) is 7.36. The zero-order valence-electron chi connectivity index (χ0n) is 9.80. The predicted molar refractivity (Wildman–Crippen MR) is 61.6 cm³/mol. The van der Waals surface area contributed by atoms with E-state index in [0.717, 1.165) is 23.6 Å². The average Bonchev–Trinajstić information content (AvgIpc) is 3.00. The number of nitrogens with one attached hydrogen (secondary N) is 1. The zero-order valence-corrected chi connectivity index (χ0v) is 10.6. The predicted octanol–water partition coefficient (Wildman–Crippen LogP) is 0.168. The van der Waals surface area contributed by atoms with Gasteiger partial charge in [-0.05, 0) is 31.6 Å². The van der Waals surface area contributed by atoms with Crippen LogP contribution in [0.2, 0.25) is 0 Å². The first-order valence-electron chi connectivity index (χ1n) is 5.92. The maximum atomic E-state index is 12.0. The highest BCUT2D eigenvalue weighted by molar-refractivity contribution is 7.87. The summed E-state index contributed by atoms with van der Waals surface area (Å²) in [6.45, 7) is 2.24. The van der Waals surface area contributed by atoms with Crippen LogP contribution in [0.15, 0.2) is 0 Å². The van der Waals surface area contributed by atoms with E-state index in [1.165, 1.54) is 0 Å². The lowest BCUT2D eigenvalue weighted by Crippen LogP contribution is -2.53. The minimum atomic E-state index is -3.64. The number of carbonyl (C=O) groups is 1. The summed E-state index contributed by atoms with van der Waals surface area (Å²) in [5.41, 5.74) is 0. The summed E-state index contributed by atoms with van der Waals surface area (Å²) < 4.78 is 27.7. The van der Waals surface area contributed by atoms with E-state index in [9.17, 15) is 13.2 Å². The molecule has 0 aromatic rings. The minimum Gasteiger partial charge on any atom is -0.480 e. The van der Waals surface area contributed by atoms with Crippen LogP contribution >= 0.6 is 0 Å². The maximum Gasteiger partial charge on any atom is 0.322 e. The Bertz CT molecular complexity index is 405. The molecule has 1 saturated heterocycles. The van der Waals surface area contributed by atoms with Crippen LogP contribution in [-0.2, 0) is 15.0 Å². The van der Waals surface area contributed by atoms with Crippen molar-refractivity contribution in [3.8, 4) is 0 Å². The Morgan fingerprint density at radius 1 is 1.35 bits per heavy atom. The molecule has 0 aromatic carbocycles. The van der Waals surface area contributed by atoms with Gasteiger partial charge in [-0.2, -0.15) is 17.4 Å². The first-order chi connectivity index (χ1) is 7.90. The number of carboxylic acid groups (broad SMARTS) is 1. The molecule has 2 N–H and O–H groups in total. The van der Waals surface area contributed by atoms with Crippen molar-refractivity contribution in [3.05, 3.63) is 0 Å². The summed E-state index contributed by atoms with van der Waals surface area (Å²) in [6, 6.07) is -0.913. The molecule has 2 unspecified atom stereocenters. The summed E-state index contributed by atoms with van der Waals surface area (Å²) in [5.74, 6) is -0.804. The number of nitrogens with zero attached hydrogens (tertiary/aromatic N) is 1. The van der Waals surface area contributed by atoms with Gasteiger partial charge in [0.15, 0.2) is 0 Å². The van der Waals surface area contributed by atoms with Gasteiger partial charge in [0.25, 0.3) is 10.2 Å². The van der Waals surface area contributed by atoms with Crippen LogP contribution in [0.1, 0.15) is 32.6 Å². The topological polar surface area (TPSA) is 86.7 Å². The molecule has 1 saturated carbocycles. The SMILES string of the molecule is CC1CCN(S(=O)(=O)NC2CC2)C(C(=O)O)C1. The standard InChI is InChI=1S/C10H18N2O4S/c1-7-4-5-12(9(6-7)10(13)14)17(15,16)11-8-2-3-8/h7-9,11H,2-6H2,1H3,(H,13,14). The average molecular weight is 262 g/mol. The monoisotopic (exact) mass is 262 g/mol. The molecule has 0 radical (unpaired) electrons. The van der Waals surface area contributed by atoms with Crippen molar-refractivity contribution in [1.29, 1.82) is 0 Å². The van der Waals surface area contributed by atoms with Crippen LogP contribution in [0.5, 0.6) is 0 Å². The molecule has 0 spiro atoms. The summed E-state index contributed by atoms with van der Waals surface area (Å²) in [7, 11) is -3.64. The third-order valence-electron chi connectivity index (χ3n) is 3.30. The molecule has 98 valence electrons. The van der Waals surface area contributed by atoms with E-state index in [2.05, 4.69) is 4.72 Å². The highest BCUT2D eigenvalue weighted by Gasteiger charge is 2.40. The lowest BCUT2D eigenvalue weighted by atomic mass is 9.94. The highest BCUT2D eigenvalue weighted by Crippen LogP contribution is 2.27. The maximum absolute atomic E-state index is 12.0. The Morgan fingerprint density at radius 2 is 2.00 bits per heavy atom. The molecule has 0 amide bonds. The van der Waals surface area contributed by atoms with Gasteiger partial charge in [0.1, 0.15) is 6.04 Å². The molecule has 0 aromatic heterocycles. The second kappa shape index (κ2) is 4.55. The first kappa shape index (κ1) is 12.8. The Balaban J connectivity index is 2.13. The van der Waals surface area contributed by atoms with Gasteiger partial charge in [0, 0.05) is 12.6 Å². The van der Waals surface area contributed by atoms with Crippen molar-refractivity contribution in [2.45, 2.75) is 44.7 Å². The molecule has 2 aliphatic rings. The van der Waals surface area contributed by atoms with Crippen LogP contribution < -0.4 is 4.72 Å². The Kier molecular flexibility index (Phi) is 3.42. The van der Waals surface area contributed by atoms with Crippen molar-refractivity contribution in [2.75, 3.05) is 6.54 Å². The van der Waals surface area contributed by atoms with E-state index in [4.69, 9.17) is 5.11 Å². The van der Waals surface area contributed by atoms with E-state index >= 15 is 0 Å². The Labute approximate surface area is 101 Å². The van der Waals surface area contributed by atoms with Gasteiger partial charge in [-0.25, -0.2) is 0 Å². The van der Waals surface area contributed by atoms with Gasteiger partial charge in [-0.3, -0.25) is 4.79 Å². The smallest absolute Gasteiger partial charge is 0.322 e. The fraction of sp³-hybridized carbons (Fsp3) is 0.900. The third kappa shape index (κ3) is 2.97. The molecule has 1 heterocycles. The minimum absolute atomic E-state index is 0.00814. The van der Waals surface area contributed by atoms with E-state index in [-0.39, 0.29) is 12.0 Å². The molecule has 1 aliphatic heterocycles. The molecule has 2 atom stereocenters. The van der Waals surface area contributed by atoms with Crippen LogP contribution in [0.3, 0.4) is 0 Å². The van der Waals surface area contributed by atoms with Crippen molar-refractivity contribution in [1.82, 2.24) is 9.03 Å². The summed E-state index contributed by atoms with van der Waals surface area (Å²) in [5, 5.41) is 9.11. The summed E-state index contributed by atoms with van der Waals surface area (Å²) >= 11 is 0. The number of hydrogen-bond donors (Lipinski definition) is 2. The molecule has 2 fully saturated rings. The molecule has 17 heavy (non-hydrogen) atoms. The van der Waals surface area contributed by atoms with Gasteiger partial charge in [0.2, 0.25) is 0 Å². The summed E-state index contributed by atoms with van der Waals surface area (Å²) in [6.07, 6.45) is 2.80. The molecule has 7 heteroatoms. The van der Waals surface area contributed by atoms with E-state index in [1.54, 1.807) is 0 Å². The Morgan fingerprint density at radius 3 is 2.53 bits per heavy atom. The van der Waals surface area contributed by atoms with Crippen molar-refractivity contribution < 1.29 is 18.3 Å². The van der Waals surface area contributed by atoms with Crippen LogP contribution in [0.25, 0.3) is 0 Å². The van der Waals surface area contributed by atoms with E-state index in [1.807, 2.05) is 6.92 Å².